The molecular weight excluding hydrogens is 194 g/mol. The molecular formula is C11H25NO3. The summed E-state index contributed by atoms with van der Waals surface area (Å²) in [6, 6.07) is 0. The zero-order chi connectivity index (χ0) is 11.5. The lowest BCUT2D eigenvalue weighted by atomic mass is 10.3. The first kappa shape index (κ1) is 14.8. The molecule has 0 aliphatic heterocycles. The van der Waals surface area contributed by atoms with Gasteiger partial charge in [-0.15, -0.1) is 0 Å². The van der Waals surface area contributed by atoms with Crippen LogP contribution in [-0.4, -0.2) is 63.2 Å². The number of methoxy groups -OCH3 is 1. The van der Waals surface area contributed by atoms with Gasteiger partial charge in [-0.05, 0) is 13.5 Å². The second-order valence-corrected chi connectivity index (χ2v) is 3.84. The van der Waals surface area contributed by atoms with Crippen LogP contribution in [0.2, 0.25) is 0 Å². The van der Waals surface area contributed by atoms with E-state index in [1.807, 2.05) is 7.05 Å². The van der Waals surface area contributed by atoms with Crippen LogP contribution < -0.4 is 0 Å². The molecule has 0 bridgehead atoms. The van der Waals surface area contributed by atoms with E-state index in [1.165, 1.54) is 6.42 Å². The molecule has 0 saturated heterocycles. The summed E-state index contributed by atoms with van der Waals surface area (Å²) in [7, 11) is 3.57. The molecule has 0 aromatic heterocycles. The van der Waals surface area contributed by atoms with Crippen LogP contribution in [0.15, 0.2) is 0 Å². The molecule has 0 aliphatic carbocycles. The highest BCUT2D eigenvalue weighted by molar-refractivity contribution is 4.59. The molecule has 4 nitrogen and oxygen atoms in total. The summed E-state index contributed by atoms with van der Waals surface area (Å²) in [5.74, 6) is 0. The minimum Gasteiger partial charge on any atom is -0.389 e. The summed E-state index contributed by atoms with van der Waals surface area (Å²) >= 11 is 0. The van der Waals surface area contributed by atoms with Gasteiger partial charge in [-0.3, -0.25) is 0 Å². The lowest BCUT2D eigenvalue weighted by Crippen LogP contribution is -2.34. The fraction of sp³-hybridized carbons (Fsp3) is 1.00. The Balaban J connectivity index is 3.28. The maximum absolute atomic E-state index is 9.45. The van der Waals surface area contributed by atoms with Crippen LogP contribution in [0, 0.1) is 0 Å². The second kappa shape index (κ2) is 10.4. The Morgan fingerprint density at radius 1 is 1.33 bits per heavy atom. The predicted molar refractivity (Wildman–Crippen MR) is 61.1 cm³/mol. The van der Waals surface area contributed by atoms with Crippen LogP contribution in [-0.2, 0) is 9.47 Å². The molecule has 0 aromatic carbocycles. The Bertz CT molecular complexity index is 133. The lowest BCUT2D eigenvalue weighted by molar-refractivity contribution is 0.0346. The van der Waals surface area contributed by atoms with Gasteiger partial charge in [0.2, 0.25) is 0 Å². The van der Waals surface area contributed by atoms with Crippen molar-refractivity contribution in [2.24, 2.45) is 0 Å². The first-order chi connectivity index (χ1) is 7.20. The van der Waals surface area contributed by atoms with Gasteiger partial charge in [0.15, 0.2) is 0 Å². The van der Waals surface area contributed by atoms with Crippen LogP contribution in [0.3, 0.4) is 0 Å². The summed E-state index contributed by atoms with van der Waals surface area (Å²) in [6.07, 6.45) is 1.88. The van der Waals surface area contributed by atoms with Crippen molar-refractivity contribution in [1.82, 2.24) is 4.90 Å². The summed E-state index contributed by atoms with van der Waals surface area (Å²) in [5, 5.41) is 9.45. The highest BCUT2D eigenvalue weighted by Gasteiger charge is 2.06. The summed E-state index contributed by atoms with van der Waals surface area (Å²) in [4.78, 5) is 2.05. The Labute approximate surface area is 93.2 Å². The predicted octanol–water partition coefficient (Wildman–Crippen LogP) is 0.742. The molecule has 0 saturated carbocycles. The van der Waals surface area contributed by atoms with Crippen molar-refractivity contribution in [2.45, 2.75) is 25.9 Å². The SMILES string of the molecule is CCCCOCCN(C)CC(O)COC. The van der Waals surface area contributed by atoms with Crippen molar-refractivity contribution in [2.75, 3.05) is 47.1 Å². The van der Waals surface area contributed by atoms with E-state index in [0.29, 0.717) is 13.2 Å². The highest BCUT2D eigenvalue weighted by Crippen LogP contribution is 1.92. The van der Waals surface area contributed by atoms with Gasteiger partial charge in [0.25, 0.3) is 0 Å². The van der Waals surface area contributed by atoms with Gasteiger partial charge in [0.05, 0.1) is 19.3 Å². The Kier molecular flexibility index (Phi) is 10.3. The topological polar surface area (TPSA) is 41.9 Å². The van der Waals surface area contributed by atoms with Gasteiger partial charge in [-0.2, -0.15) is 0 Å². The van der Waals surface area contributed by atoms with Crippen molar-refractivity contribution in [3.63, 3.8) is 0 Å². The number of aliphatic hydroxyl groups is 1. The minimum absolute atomic E-state index is 0.390. The first-order valence-corrected chi connectivity index (χ1v) is 5.64. The van der Waals surface area contributed by atoms with Gasteiger partial charge in [-0.25, -0.2) is 0 Å². The van der Waals surface area contributed by atoms with Gasteiger partial charge in [0.1, 0.15) is 0 Å². The van der Waals surface area contributed by atoms with Gasteiger partial charge in [-0.1, -0.05) is 13.3 Å². The van der Waals surface area contributed by atoms with Crippen molar-refractivity contribution in [3.05, 3.63) is 0 Å². The minimum atomic E-state index is -0.407. The third-order valence-corrected chi connectivity index (χ3v) is 2.14. The number of rotatable bonds is 10. The van der Waals surface area contributed by atoms with Crippen LogP contribution in [0.25, 0.3) is 0 Å². The number of aliphatic hydroxyl groups excluding tert-OH is 1. The summed E-state index contributed by atoms with van der Waals surface area (Å²) in [6.45, 7) is 5.59. The highest BCUT2D eigenvalue weighted by atomic mass is 16.5. The second-order valence-electron chi connectivity index (χ2n) is 3.84. The van der Waals surface area contributed by atoms with Crippen molar-refractivity contribution < 1.29 is 14.6 Å². The molecule has 0 fully saturated rings. The molecule has 1 unspecified atom stereocenters. The van der Waals surface area contributed by atoms with E-state index in [9.17, 15) is 5.11 Å². The molecule has 92 valence electrons. The van der Waals surface area contributed by atoms with E-state index in [2.05, 4.69) is 11.8 Å². The van der Waals surface area contributed by atoms with E-state index in [4.69, 9.17) is 9.47 Å². The number of ether oxygens (including phenoxy) is 2. The smallest absolute Gasteiger partial charge is 0.0899 e. The lowest BCUT2D eigenvalue weighted by Gasteiger charge is -2.19. The zero-order valence-corrected chi connectivity index (χ0v) is 10.2. The molecule has 1 atom stereocenters. The normalized spacial score (nSPS) is 13.4. The molecule has 0 rings (SSSR count). The van der Waals surface area contributed by atoms with Gasteiger partial charge >= 0.3 is 0 Å². The fourth-order valence-corrected chi connectivity index (χ4v) is 1.26. The average Bonchev–Trinajstić information content (AvgIpc) is 2.17. The number of hydrogen-bond donors (Lipinski definition) is 1. The van der Waals surface area contributed by atoms with E-state index in [-0.39, 0.29) is 0 Å². The van der Waals surface area contributed by atoms with Crippen LogP contribution in [0.4, 0.5) is 0 Å². The molecule has 0 aromatic rings. The Morgan fingerprint density at radius 2 is 2.07 bits per heavy atom. The molecule has 0 aliphatic rings. The number of nitrogens with zero attached hydrogens (tertiary/aromatic N) is 1. The molecule has 4 heteroatoms. The van der Waals surface area contributed by atoms with Crippen LogP contribution >= 0.6 is 0 Å². The quantitative estimate of drug-likeness (QED) is 0.550. The first-order valence-electron chi connectivity index (χ1n) is 5.64. The third-order valence-electron chi connectivity index (χ3n) is 2.14. The number of likely N-dealkylation sites (N-methyl/N-ethyl adjacent to an activating group) is 1. The Morgan fingerprint density at radius 3 is 2.67 bits per heavy atom. The van der Waals surface area contributed by atoms with E-state index in [0.717, 1.165) is 26.2 Å². The molecule has 0 radical (unpaired) electrons. The molecule has 15 heavy (non-hydrogen) atoms. The zero-order valence-electron chi connectivity index (χ0n) is 10.2. The largest absolute Gasteiger partial charge is 0.389 e. The third kappa shape index (κ3) is 10.1. The van der Waals surface area contributed by atoms with Crippen LogP contribution in [0.1, 0.15) is 19.8 Å². The maximum Gasteiger partial charge on any atom is 0.0899 e. The maximum atomic E-state index is 9.45. The van der Waals surface area contributed by atoms with Gasteiger partial charge < -0.3 is 19.5 Å². The molecule has 1 N–H and O–H groups in total. The summed E-state index contributed by atoms with van der Waals surface area (Å²) in [5.41, 5.74) is 0. The summed E-state index contributed by atoms with van der Waals surface area (Å²) < 4.78 is 10.3. The van der Waals surface area contributed by atoms with Crippen molar-refractivity contribution in [1.29, 1.82) is 0 Å². The van der Waals surface area contributed by atoms with E-state index >= 15 is 0 Å². The van der Waals surface area contributed by atoms with Crippen molar-refractivity contribution in [3.8, 4) is 0 Å². The molecule has 0 amide bonds. The number of unbranched alkanes of at least 4 members (excludes halogenated alkanes) is 1. The monoisotopic (exact) mass is 219 g/mol. The number of hydrogen-bond acceptors (Lipinski definition) is 4. The van der Waals surface area contributed by atoms with E-state index < -0.39 is 6.10 Å². The van der Waals surface area contributed by atoms with Crippen molar-refractivity contribution >= 4 is 0 Å². The van der Waals surface area contributed by atoms with E-state index in [1.54, 1.807) is 7.11 Å². The molecule has 0 spiro atoms. The van der Waals surface area contributed by atoms with Crippen LogP contribution in [0.5, 0.6) is 0 Å². The Hall–Kier alpha value is -0.160. The van der Waals surface area contributed by atoms with Gasteiger partial charge in [0, 0.05) is 26.8 Å². The average molecular weight is 219 g/mol. The standard InChI is InChI=1S/C11H25NO3/c1-4-5-7-15-8-6-12(2)9-11(13)10-14-3/h11,13H,4-10H2,1-3H3. The molecule has 0 heterocycles. The fourth-order valence-electron chi connectivity index (χ4n) is 1.26.